The maximum Gasteiger partial charge on any atom is 0.248 e. The molecule has 0 aliphatic heterocycles. The van der Waals surface area contributed by atoms with E-state index in [1.165, 1.54) is 6.08 Å². The summed E-state index contributed by atoms with van der Waals surface area (Å²) in [4.78, 5) is 17.0. The van der Waals surface area contributed by atoms with Crippen molar-refractivity contribution < 1.29 is 4.79 Å². The van der Waals surface area contributed by atoms with Crippen LogP contribution in [0.1, 0.15) is 11.1 Å². The number of halogens is 1. The zero-order chi connectivity index (χ0) is 19.5. The van der Waals surface area contributed by atoms with E-state index in [-0.39, 0.29) is 5.91 Å². The molecule has 2 aromatic carbocycles. The molecule has 5 heteroatoms. The zero-order valence-electron chi connectivity index (χ0n) is 15.3. The van der Waals surface area contributed by atoms with Gasteiger partial charge in [0.05, 0.1) is 5.69 Å². The second-order valence-corrected chi connectivity index (χ2v) is 6.93. The van der Waals surface area contributed by atoms with Crippen LogP contribution in [0.3, 0.4) is 0 Å². The molecule has 0 radical (unpaired) electrons. The molecule has 0 saturated heterocycles. The Morgan fingerprint density at radius 3 is 2.71 bits per heavy atom. The number of amides is 1. The van der Waals surface area contributed by atoms with Crippen LogP contribution in [0.5, 0.6) is 0 Å². The Bertz CT molecular complexity index is 1140. The lowest BCUT2D eigenvalue weighted by Gasteiger charge is -2.08. The fraction of sp³-hybridized carbons (Fsp3) is 0.0435. The summed E-state index contributed by atoms with van der Waals surface area (Å²) in [6.45, 7) is 1.96. The smallest absolute Gasteiger partial charge is 0.248 e. The molecule has 4 aromatic rings. The highest BCUT2D eigenvalue weighted by Gasteiger charge is 2.08. The highest BCUT2D eigenvalue weighted by molar-refractivity contribution is 6.30. The van der Waals surface area contributed by atoms with Gasteiger partial charge in [0, 0.05) is 34.7 Å². The fourth-order valence-electron chi connectivity index (χ4n) is 2.91. The number of aromatic nitrogens is 2. The van der Waals surface area contributed by atoms with Crippen LogP contribution in [-0.2, 0) is 4.79 Å². The summed E-state index contributed by atoms with van der Waals surface area (Å²) < 4.78 is 1.97. The predicted molar refractivity (Wildman–Crippen MR) is 114 cm³/mol. The molecule has 4 nitrogen and oxygen atoms in total. The van der Waals surface area contributed by atoms with Crippen molar-refractivity contribution in [1.29, 1.82) is 0 Å². The van der Waals surface area contributed by atoms with Gasteiger partial charge in [-0.15, -0.1) is 0 Å². The number of fused-ring (bicyclic) bond motifs is 1. The summed E-state index contributed by atoms with van der Waals surface area (Å²) in [5, 5.41) is 3.62. The van der Waals surface area contributed by atoms with Crippen LogP contribution in [-0.4, -0.2) is 15.3 Å². The summed E-state index contributed by atoms with van der Waals surface area (Å²) >= 11 is 5.88. The molecule has 2 heterocycles. The summed E-state index contributed by atoms with van der Waals surface area (Å²) in [5.74, 6) is -0.190. The number of hydrogen-bond acceptors (Lipinski definition) is 2. The number of carbonyl (C=O) groups is 1. The van der Waals surface area contributed by atoms with E-state index in [0.29, 0.717) is 5.02 Å². The minimum Gasteiger partial charge on any atom is -0.322 e. The van der Waals surface area contributed by atoms with Crippen molar-refractivity contribution in [3.8, 4) is 11.3 Å². The maximum absolute atomic E-state index is 12.3. The largest absolute Gasteiger partial charge is 0.322 e. The molecule has 138 valence electrons. The van der Waals surface area contributed by atoms with Crippen molar-refractivity contribution >= 4 is 34.9 Å². The number of rotatable bonds is 4. The number of aryl methyl sites for hydroxylation is 1. The van der Waals surface area contributed by atoms with Gasteiger partial charge in [0.2, 0.25) is 5.91 Å². The van der Waals surface area contributed by atoms with Crippen LogP contribution in [0.15, 0.2) is 79.1 Å². The monoisotopic (exact) mass is 387 g/mol. The van der Waals surface area contributed by atoms with Crippen molar-refractivity contribution in [2.45, 2.75) is 6.92 Å². The molecule has 0 atom stereocenters. The average Bonchev–Trinajstić information content (AvgIpc) is 3.13. The van der Waals surface area contributed by atoms with E-state index in [4.69, 9.17) is 11.6 Å². The average molecular weight is 388 g/mol. The van der Waals surface area contributed by atoms with Gasteiger partial charge in [-0.25, -0.2) is 4.98 Å². The van der Waals surface area contributed by atoms with Gasteiger partial charge >= 0.3 is 0 Å². The number of benzene rings is 2. The van der Waals surface area contributed by atoms with Gasteiger partial charge in [0.25, 0.3) is 0 Å². The van der Waals surface area contributed by atoms with Gasteiger partial charge in [-0.2, -0.15) is 0 Å². The molecule has 28 heavy (non-hydrogen) atoms. The molecule has 4 rings (SSSR count). The summed E-state index contributed by atoms with van der Waals surface area (Å²) in [5.41, 5.74) is 5.36. The SMILES string of the molecule is Cc1ccc(-c2cn3ccccc3n2)cc1NC(=O)/C=C/c1ccc(Cl)cc1. The van der Waals surface area contributed by atoms with Gasteiger partial charge in [-0.3, -0.25) is 4.79 Å². The number of imidazole rings is 1. The third-order valence-corrected chi connectivity index (χ3v) is 4.70. The van der Waals surface area contributed by atoms with E-state index in [1.54, 1.807) is 18.2 Å². The van der Waals surface area contributed by atoms with Crippen molar-refractivity contribution in [3.63, 3.8) is 0 Å². The minimum atomic E-state index is -0.190. The normalized spacial score (nSPS) is 11.2. The molecule has 0 saturated carbocycles. The number of nitrogens with one attached hydrogen (secondary N) is 1. The first-order valence-corrected chi connectivity index (χ1v) is 9.26. The van der Waals surface area contributed by atoms with Crippen LogP contribution < -0.4 is 5.32 Å². The minimum absolute atomic E-state index is 0.190. The molecular weight excluding hydrogens is 370 g/mol. The standard InChI is InChI=1S/C23H18ClN3O/c1-16-5-9-18(21-15-27-13-3-2-4-22(27)25-21)14-20(16)26-23(28)12-8-17-6-10-19(24)11-7-17/h2-15H,1H3,(H,26,28)/b12-8+. The summed E-state index contributed by atoms with van der Waals surface area (Å²) in [6.07, 6.45) is 7.21. The molecule has 0 unspecified atom stereocenters. The Balaban J connectivity index is 1.55. The van der Waals surface area contributed by atoms with Crippen LogP contribution in [0.25, 0.3) is 23.0 Å². The van der Waals surface area contributed by atoms with Crippen molar-refractivity contribution in [2.24, 2.45) is 0 Å². The highest BCUT2D eigenvalue weighted by atomic mass is 35.5. The van der Waals surface area contributed by atoms with E-state index in [2.05, 4.69) is 10.3 Å². The van der Waals surface area contributed by atoms with Crippen LogP contribution >= 0.6 is 11.6 Å². The molecule has 0 fully saturated rings. The number of carbonyl (C=O) groups excluding carboxylic acids is 1. The Morgan fingerprint density at radius 2 is 1.93 bits per heavy atom. The first-order valence-electron chi connectivity index (χ1n) is 8.88. The van der Waals surface area contributed by atoms with Gasteiger partial charge in [0.1, 0.15) is 5.65 Å². The lowest BCUT2D eigenvalue weighted by atomic mass is 10.1. The van der Waals surface area contributed by atoms with Crippen molar-refractivity contribution in [1.82, 2.24) is 9.38 Å². The Labute approximate surface area is 168 Å². The fourth-order valence-corrected chi connectivity index (χ4v) is 3.04. The van der Waals surface area contributed by atoms with Gasteiger partial charge in [0.15, 0.2) is 0 Å². The molecular formula is C23H18ClN3O. The first-order chi connectivity index (χ1) is 13.6. The molecule has 0 spiro atoms. The second kappa shape index (κ2) is 7.71. The van der Waals surface area contributed by atoms with Crippen molar-refractivity contribution in [2.75, 3.05) is 5.32 Å². The van der Waals surface area contributed by atoms with Crippen LogP contribution in [0.4, 0.5) is 5.69 Å². The molecule has 1 N–H and O–H groups in total. The molecule has 0 aliphatic rings. The van der Waals surface area contributed by atoms with Crippen LogP contribution in [0.2, 0.25) is 5.02 Å². The first kappa shape index (κ1) is 18.0. The number of anilines is 1. The predicted octanol–water partition coefficient (Wildman–Crippen LogP) is 5.62. The molecule has 0 aliphatic carbocycles. The summed E-state index contributed by atoms with van der Waals surface area (Å²) in [6, 6.07) is 19.1. The zero-order valence-corrected chi connectivity index (χ0v) is 16.0. The van der Waals surface area contributed by atoms with Crippen LogP contribution in [0, 0.1) is 6.92 Å². The Morgan fingerprint density at radius 1 is 1.11 bits per heavy atom. The van der Waals surface area contributed by atoms with E-state index >= 15 is 0 Å². The Kier molecular flexibility index (Phi) is 4.96. The number of pyridine rings is 1. The third kappa shape index (κ3) is 3.97. The lowest BCUT2D eigenvalue weighted by molar-refractivity contribution is -0.111. The third-order valence-electron chi connectivity index (χ3n) is 4.45. The van der Waals surface area contributed by atoms with Gasteiger partial charge < -0.3 is 9.72 Å². The van der Waals surface area contributed by atoms with E-state index in [9.17, 15) is 4.79 Å². The maximum atomic E-state index is 12.3. The van der Waals surface area contributed by atoms with E-state index in [1.807, 2.05) is 72.2 Å². The van der Waals surface area contributed by atoms with Crippen molar-refractivity contribution in [3.05, 3.63) is 95.3 Å². The summed E-state index contributed by atoms with van der Waals surface area (Å²) in [7, 11) is 0. The second-order valence-electron chi connectivity index (χ2n) is 6.50. The highest BCUT2D eigenvalue weighted by Crippen LogP contribution is 2.25. The quantitative estimate of drug-likeness (QED) is 0.462. The van der Waals surface area contributed by atoms with E-state index < -0.39 is 0 Å². The molecule has 0 bridgehead atoms. The van der Waals surface area contributed by atoms with Gasteiger partial charge in [-0.05, 0) is 54.5 Å². The molecule has 2 aromatic heterocycles. The molecule has 1 amide bonds. The number of hydrogen-bond donors (Lipinski definition) is 1. The Hall–Kier alpha value is -3.37. The van der Waals surface area contributed by atoms with Gasteiger partial charge in [-0.1, -0.05) is 41.9 Å². The number of nitrogens with zero attached hydrogens (tertiary/aromatic N) is 2. The lowest BCUT2D eigenvalue weighted by Crippen LogP contribution is -2.09. The topological polar surface area (TPSA) is 46.4 Å². The van der Waals surface area contributed by atoms with E-state index in [0.717, 1.165) is 33.7 Å².